The van der Waals surface area contributed by atoms with Crippen molar-refractivity contribution in [3.8, 4) is 0 Å². The average Bonchev–Trinajstić information content (AvgIpc) is 3.33. The van der Waals surface area contributed by atoms with E-state index >= 15 is 0 Å². The van der Waals surface area contributed by atoms with Crippen LogP contribution in [0.5, 0.6) is 0 Å². The van der Waals surface area contributed by atoms with Gasteiger partial charge < -0.3 is 10.2 Å². The van der Waals surface area contributed by atoms with Gasteiger partial charge in [0.15, 0.2) is 0 Å². The van der Waals surface area contributed by atoms with E-state index in [4.69, 9.17) is 0 Å². The van der Waals surface area contributed by atoms with Crippen LogP contribution in [0.1, 0.15) is 64.2 Å². The van der Waals surface area contributed by atoms with E-state index in [0.29, 0.717) is 5.91 Å². The van der Waals surface area contributed by atoms with E-state index < -0.39 is 0 Å². The van der Waals surface area contributed by atoms with Gasteiger partial charge in [-0.25, -0.2) is 0 Å². The molecule has 2 aliphatic carbocycles. The molecule has 0 aromatic carbocycles. The van der Waals surface area contributed by atoms with Gasteiger partial charge in [-0.15, -0.1) is 0 Å². The highest BCUT2D eigenvalue weighted by atomic mass is 16.2. The van der Waals surface area contributed by atoms with Crippen LogP contribution in [0, 0.1) is 11.8 Å². The molecule has 1 heterocycles. The monoisotopic (exact) mass is 292 g/mol. The summed E-state index contributed by atoms with van der Waals surface area (Å²) in [6, 6.07) is 0.157. The normalized spacial score (nSPS) is 31.8. The van der Waals surface area contributed by atoms with Gasteiger partial charge in [0.2, 0.25) is 11.8 Å². The molecule has 3 rings (SSSR count). The number of fused-ring (bicyclic) bond motifs is 1. The number of carbonyl (C=O) groups excluding carboxylic acids is 2. The minimum absolute atomic E-state index is 0.0274. The number of carbonyl (C=O) groups is 2. The summed E-state index contributed by atoms with van der Waals surface area (Å²) in [5.74, 6) is 0.814. The first kappa shape index (κ1) is 14.9. The molecule has 1 saturated heterocycles. The molecule has 1 aliphatic heterocycles. The Bertz CT molecular complexity index is 392. The van der Waals surface area contributed by atoms with Gasteiger partial charge in [0.05, 0.1) is 5.92 Å². The summed E-state index contributed by atoms with van der Waals surface area (Å²) in [7, 11) is 0. The zero-order valence-corrected chi connectivity index (χ0v) is 13.0. The van der Waals surface area contributed by atoms with Gasteiger partial charge in [0, 0.05) is 25.0 Å². The molecule has 0 bridgehead atoms. The topological polar surface area (TPSA) is 49.4 Å². The maximum Gasteiger partial charge on any atom is 0.225 e. The molecule has 2 saturated carbocycles. The Hall–Kier alpha value is -1.06. The predicted octanol–water partition coefficient (Wildman–Crippen LogP) is 2.47. The maximum atomic E-state index is 12.7. The second kappa shape index (κ2) is 6.80. The molecule has 0 radical (unpaired) electrons. The van der Waals surface area contributed by atoms with E-state index in [1.54, 1.807) is 0 Å². The van der Waals surface area contributed by atoms with E-state index in [9.17, 15) is 9.59 Å². The van der Waals surface area contributed by atoms with Crippen LogP contribution in [0.25, 0.3) is 0 Å². The van der Waals surface area contributed by atoms with E-state index in [1.165, 1.54) is 6.42 Å². The van der Waals surface area contributed by atoms with Crippen molar-refractivity contribution in [3.63, 3.8) is 0 Å². The van der Waals surface area contributed by atoms with Crippen molar-refractivity contribution in [2.24, 2.45) is 11.8 Å². The highest BCUT2D eigenvalue weighted by Crippen LogP contribution is 2.36. The van der Waals surface area contributed by atoms with Crippen LogP contribution in [0.3, 0.4) is 0 Å². The molecule has 0 aromatic heterocycles. The fraction of sp³-hybridized carbons (Fsp3) is 0.882. The molecule has 0 unspecified atom stereocenters. The zero-order valence-electron chi connectivity index (χ0n) is 13.0. The van der Waals surface area contributed by atoms with Crippen molar-refractivity contribution in [2.45, 2.75) is 70.3 Å². The van der Waals surface area contributed by atoms with Crippen molar-refractivity contribution in [3.05, 3.63) is 0 Å². The first-order valence-electron chi connectivity index (χ1n) is 8.85. The highest BCUT2D eigenvalue weighted by molar-refractivity contribution is 5.84. The van der Waals surface area contributed by atoms with E-state index in [2.05, 4.69) is 10.2 Å². The Kier molecular flexibility index (Phi) is 4.81. The van der Waals surface area contributed by atoms with Crippen molar-refractivity contribution in [2.75, 3.05) is 13.1 Å². The molecule has 4 heteroatoms. The Morgan fingerprint density at radius 3 is 2.52 bits per heavy atom. The molecule has 2 amide bonds. The first-order valence-corrected chi connectivity index (χ1v) is 8.85. The number of amides is 2. The first-order chi connectivity index (χ1) is 10.3. The molecule has 118 valence electrons. The van der Waals surface area contributed by atoms with Crippen LogP contribution in [0.2, 0.25) is 0 Å². The van der Waals surface area contributed by atoms with Crippen molar-refractivity contribution in [1.82, 2.24) is 10.2 Å². The van der Waals surface area contributed by atoms with Crippen LogP contribution in [0.4, 0.5) is 0 Å². The van der Waals surface area contributed by atoms with Crippen LogP contribution in [-0.2, 0) is 9.59 Å². The lowest BCUT2D eigenvalue weighted by Crippen LogP contribution is -2.51. The number of rotatable bonds is 1. The lowest BCUT2D eigenvalue weighted by Gasteiger charge is -2.39. The lowest BCUT2D eigenvalue weighted by molar-refractivity contribution is -0.140. The fourth-order valence-electron chi connectivity index (χ4n) is 3.90. The van der Waals surface area contributed by atoms with Crippen LogP contribution in [0.15, 0.2) is 0 Å². The smallest absolute Gasteiger partial charge is 0.225 e. The van der Waals surface area contributed by atoms with Crippen molar-refractivity contribution >= 4 is 11.8 Å². The third-order valence-corrected chi connectivity index (χ3v) is 5.30. The quantitative estimate of drug-likeness (QED) is 0.807. The molecule has 2 atom stereocenters. The Morgan fingerprint density at radius 2 is 1.71 bits per heavy atom. The fourth-order valence-corrected chi connectivity index (χ4v) is 3.90. The van der Waals surface area contributed by atoms with E-state index in [1.807, 2.05) is 0 Å². The summed E-state index contributed by atoms with van der Waals surface area (Å²) < 4.78 is 0. The van der Waals surface area contributed by atoms with Crippen LogP contribution < -0.4 is 5.32 Å². The molecular weight excluding hydrogens is 264 g/mol. The van der Waals surface area contributed by atoms with Gasteiger partial charge in [-0.1, -0.05) is 25.7 Å². The van der Waals surface area contributed by atoms with Gasteiger partial charge in [-0.2, -0.15) is 0 Å². The predicted molar refractivity (Wildman–Crippen MR) is 81.7 cm³/mol. The van der Waals surface area contributed by atoms with Gasteiger partial charge in [-0.3, -0.25) is 9.59 Å². The van der Waals surface area contributed by atoms with Gasteiger partial charge >= 0.3 is 0 Å². The van der Waals surface area contributed by atoms with Crippen LogP contribution in [-0.4, -0.2) is 35.8 Å². The SMILES string of the molecule is O=C1NCCCCCCN(C(=O)C2CC2)[C@H]2CCCC[C@@H]12. The molecule has 3 aliphatic rings. The van der Waals surface area contributed by atoms with E-state index in [0.717, 1.165) is 70.9 Å². The number of hydrogen-bond acceptors (Lipinski definition) is 2. The minimum atomic E-state index is 0.0274. The lowest BCUT2D eigenvalue weighted by atomic mass is 9.82. The van der Waals surface area contributed by atoms with Crippen molar-refractivity contribution in [1.29, 1.82) is 0 Å². The maximum absolute atomic E-state index is 12.7. The Morgan fingerprint density at radius 1 is 0.952 bits per heavy atom. The van der Waals surface area contributed by atoms with Crippen molar-refractivity contribution < 1.29 is 9.59 Å². The Balaban J connectivity index is 1.78. The van der Waals surface area contributed by atoms with Gasteiger partial charge in [0.1, 0.15) is 0 Å². The number of nitrogens with one attached hydrogen (secondary N) is 1. The minimum Gasteiger partial charge on any atom is -0.356 e. The summed E-state index contributed by atoms with van der Waals surface area (Å²) >= 11 is 0. The number of hydrogen-bond donors (Lipinski definition) is 1. The summed E-state index contributed by atoms with van der Waals surface area (Å²) in [6.45, 7) is 1.67. The summed E-state index contributed by atoms with van der Waals surface area (Å²) in [5.41, 5.74) is 0. The molecule has 0 aromatic rings. The van der Waals surface area contributed by atoms with Gasteiger partial charge in [-0.05, 0) is 38.5 Å². The largest absolute Gasteiger partial charge is 0.356 e. The summed E-state index contributed by atoms with van der Waals surface area (Å²) in [5, 5.41) is 3.11. The third kappa shape index (κ3) is 3.58. The third-order valence-electron chi connectivity index (χ3n) is 5.30. The molecule has 4 nitrogen and oxygen atoms in total. The zero-order chi connectivity index (χ0) is 14.7. The highest BCUT2D eigenvalue weighted by Gasteiger charge is 2.41. The molecule has 21 heavy (non-hydrogen) atoms. The average molecular weight is 292 g/mol. The second-order valence-electron chi connectivity index (χ2n) is 6.97. The molecule has 0 spiro atoms. The molecule has 1 N–H and O–H groups in total. The van der Waals surface area contributed by atoms with Gasteiger partial charge in [0.25, 0.3) is 0 Å². The summed E-state index contributed by atoms with van der Waals surface area (Å²) in [6.07, 6.45) is 10.8. The standard InChI is InChI=1S/C17H28N2O2/c20-16-14-7-3-4-8-15(14)19(17(21)13-9-10-13)12-6-2-1-5-11-18-16/h13-15H,1-12H2,(H,18,20)/t14-,15+/m1/s1. The van der Waals surface area contributed by atoms with Crippen LogP contribution >= 0.6 is 0 Å². The second-order valence-corrected chi connectivity index (χ2v) is 6.97. The summed E-state index contributed by atoms with van der Waals surface area (Å²) in [4.78, 5) is 27.3. The van der Waals surface area contributed by atoms with E-state index in [-0.39, 0.29) is 23.8 Å². The molecule has 3 fully saturated rings. The Labute approximate surface area is 127 Å². The molecular formula is C17H28N2O2. The number of nitrogens with zero attached hydrogens (tertiary/aromatic N) is 1.